The van der Waals surface area contributed by atoms with E-state index in [1.807, 2.05) is 0 Å². The zero-order valence-corrected chi connectivity index (χ0v) is 14.6. The van der Waals surface area contributed by atoms with E-state index in [4.69, 9.17) is 4.42 Å². The summed E-state index contributed by atoms with van der Waals surface area (Å²) in [5, 5.41) is 0.286. The number of carbonyl (C=O) groups is 3. The van der Waals surface area contributed by atoms with Crippen LogP contribution in [0.1, 0.15) is 51.8 Å². The molecule has 0 fully saturated rings. The molecular weight excluding hydrogens is 332 g/mol. The number of hydrogen-bond acceptors (Lipinski definition) is 5. The van der Waals surface area contributed by atoms with E-state index in [1.54, 1.807) is 36.4 Å². The van der Waals surface area contributed by atoms with Gasteiger partial charge in [0, 0.05) is 16.7 Å². The van der Waals surface area contributed by atoms with Crippen molar-refractivity contribution in [3.63, 3.8) is 0 Å². The van der Waals surface area contributed by atoms with Crippen LogP contribution in [-0.2, 0) is 0 Å². The molecule has 26 heavy (non-hydrogen) atoms. The van der Waals surface area contributed by atoms with Crippen LogP contribution in [0.5, 0.6) is 0 Å². The quantitative estimate of drug-likeness (QED) is 0.664. The van der Waals surface area contributed by atoms with Crippen molar-refractivity contribution in [2.45, 2.75) is 20.8 Å². The predicted molar refractivity (Wildman–Crippen MR) is 97.9 cm³/mol. The van der Waals surface area contributed by atoms with Gasteiger partial charge in [-0.05, 0) is 32.9 Å². The van der Waals surface area contributed by atoms with Gasteiger partial charge in [0.15, 0.2) is 17.3 Å². The normalized spacial score (nSPS) is 10.7. The van der Waals surface area contributed by atoms with E-state index < -0.39 is 11.2 Å². The molecule has 0 unspecified atom stereocenters. The third kappa shape index (κ3) is 2.77. The Morgan fingerprint density at radius 3 is 2.04 bits per heavy atom. The first-order valence-corrected chi connectivity index (χ1v) is 8.05. The van der Waals surface area contributed by atoms with E-state index in [0.29, 0.717) is 5.58 Å². The topological polar surface area (TPSA) is 81.4 Å². The first-order valence-electron chi connectivity index (χ1n) is 8.05. The molecule has 3 aromatic rings. The monoisotopic (exact) mass is 348 g/mol. The van der Waals surface area contributed by atoms with E-state index in [9.17, 15) is 19.2 Å². The average Bonchev–Trinajstić information content (AvgIpc) is 2.60. The predicted octanol–water partition coefficient (Wildman–Crippen LogP) is 4.07. The fourth-order valence-electron chi connectivity index (χ4n) is 3.07. The number of carbonyl (C=O) groups excluding carboxylic acids is 3. The molecule has 0 spiro atoms. The molecule has 2 aromatic carbocycles. The maximum atomic E-state index is 12.8. The van der Waals surface area contributed by atoms with E-state index in [0.717, 1.165) is 0 Å². The Kier molecular flexibility index (Phi) is 4.38. The highest BCUT2D eigenvalue weighted by Crippen LogP contribution is 2.31. The summed E-state index contributed by atoms with van der Waals surface area (Å²) < 4.78 is 5.86. The van der Waals surface area contributed by atoms with E-state index >= 15 is 0 Å². The maximum absolute atomic E-state index is 12.8. The highest BCUT2D eigenvalue weighted by Gasteiger charge is 2.24. The van der Waals surface area contributed by atoms with Crippen LogP contribution >= 0.6 is 0 Å². The van der Waals surface area contributed by atoms with Gasteiger partial charge in [0.05, 0.1) is 5.39 Å². The van der Waals surface area contributed by atoms with Crippen LogP contribution in [0, 0.1) is 0 Å². The molecule has 0 amide bonds. The van der Waals surface area contributed by atoms with E-state index in [1.165, 1.54) is 26.8 Å². The molecule has 5 heteroatoms. The Morgan fingerprint density at radius 1 is 0.769 bits per heavy atom. The van der Waals surface area contributed by atoms with Crippen molar-refractivity contribution in [2.75, 3.05) is 0 Å². The summed E-state index contributed by atoms with van der Waals surface area (Å²) in [7, 11) is 0. The molecule has 0 radical (unpaired) electrons. The lowest BCUT2D eigenvalue weighted by molar-refractivity contribution is 0.0981. The Bertz CT molecular complexity index is 1130. The van der Waals surface area contributed by atoms with Crippen molar-refractivity contribution in [1.82, 2.24) is 0 Å². The summed E-state index contributed by atoms with van der Waals surface area (Å²) >= 11 is 0. The van der Waals surface area contributed by atoms with E-state index in [2.05, 4.69) is 0 Å². The highest BCUT2D eigenvalue weighted by molar-refractivity contribution is 6.12. The molecule has 0 N–H and O–H groups in total. The minimum atomic E-state index is -0.470. The van der Waals surface area contributed by atoms with Crippen molar-refractivity contribution in [2.24, 2.45) is 0 Å². The SMILES string of the molecule is CC(=O)c1cccc(-c2oc3ccccc3c(=O)c2C(C)=O)c1C(C)=O. The zero-order chi connectivity index (χ0) is 19.0. The first kappa shape index (κ1) is 17.5. The van der Waals surface area contributed by atoms with Crippen LogP contribution in [0.2, 0.25) is 0 Å². The second-order valence-electron chi connectivity index (χ2n) is 6.03. The van der Waals surface area contributed by atoms with Gasteiger partial charge in [-0.1, -0.05) is 30.3 Å². The molecule has 0 saturated heterocycles. The van der Waals surface area contributed by atoms with Gasteiger partial charge in [-0.2, -0.15) is 0 Å². The lowest BCUT2D eigenvalue weighted by Crippen LogP contribution is -2.16. The van der Waals surface area contributed by atoms with Gasteiger partial charge in [-0.3, -0.25) is 19.2 Å². The van der Waals surface area contributed by atoms with Gasteiger partial charge in [-0.15, -0.1) is 0 Å². The lowest BCUT2D eigenvalue weighted by atomic mass is 9.91. The van der Waals surface area contributed by atoms with Crippen molar-refractivity contribution in [3.8, 4) is 11.3 Å². The van der Waals surface area contributed by atoms with Crippen LogP contribution < -0.4 is 5.43 Å². The molecule has 0 aliphatic carbocycles. The zero-order valence-electron chi connectivity index (χ0n) is 14.6. The highest BCUT2D eigenvalue weighted by atomic mass is 16.3. The molecule has 0 aliphatic rings. The molecule has 1 heterocycles. The number of Topliss-reactive ketones (excluding diaryl/α,β-unsaturated/α-hetero) is 3. The number of fused-ring (bicyclic) bond motifs is 1. The molecule has 130 valence electrons. The van der Waals surface area contributed by atoms with Gasteiger partial charge in [0.25, 0.3) is 0 Å². The van der Waals surface area contributed by atoms with Crippen LogP contribution in [0.3, 0.4) is 0 Å². The molecule has 0 aliphatic heterocycles. The van der Waals surface area contributed by atoms with Gasteiger partial charge >= 0.3 is 0 Å². The largest absolute Gasteiger partial charge is 0.455 e. The Balaban J connectivity index is 2.51. The first-order chi connectivity index (χ1) is 12.3. The number of para-hydroxylation sites is 1. The van der Waals surface area contributed by atoms with Crippen LogP contribution in [0.15, 0.2) is 51.7 Å². The molecule has 0 saturated carbocycles. The number of rotatable bonds is 4. The van der Waals surface area contributed by atoms with Crippen LogP contribution in [0.25, 0.3) is 22.3 Å². The molecule has 3 rings (SSSR count). The Morgan fingerprint density at radius 2 is 1.42 bits per heavy atom. The van der Waals surface area contributed by atoms with Crippen molar-refractivity contribution in [1.29, 1.82) is 0 Å². The standard InChI is InChI=1S/C21H16O5/c1-11(22)14-8-6-9-16(18(14)12(2)23)21-19(13(3)24)20(25)15-7-4-5-10-17(15)26-21/h4-10H,1-3H3. The number of ketones is 3. The Labute approximate surface area is 149 Å². The summed E-state index contributed by atoms with van der Waals surface area (Å²) in [4.78, 5) is 49.2. The second kappa shape index (κ2) is 6.52. The fraction of sp³-hybridized carbons (Fsp3) is 0.143. The summed E-state index contributed by atoms with van der Waals surface area (Å²) in [6, 6.07) is 11.3. The molecule has 0 bridgehead atoms. The van der Waals surface area contributed by atoms with Crippen molar-refractivity contribution >= 4 is 28.3 Å². The van der Waals surface area contributed by atoms with E-state index in [-0.39, 0.29) is 45.0 Å². The fourth-order valence-corrected chi connectivity index (χ4v) is 3.07. The maximum Gasteiger partial charge on any atom is 0.204 e. The average molecular weight is 348 g/mol. The molecule has 5 nitrogen and oxygen atoms in total. The number of benzene rings is 2. The summed E-state index contributed by atoms with van der Waals surface area (Å²) in [5.74, 6) is -1.10. The third-order valence-corrected chi connectivity index (χ3v) is 4.19. The molecule has 0 atom stereocenters. The van der Waals surface area contributed by atoms with Gasteiger partial charge in [-0.25, -0.2) is 0 Å². The summed E-state index contributed by atoms with van der Waals surface area (Å²) in [6.07, 6.45) is 0. The van der Waals surface area contributed by atoms with Crippen molar-refractivity contribution in [3.05, 3.63) is 69.4 Å². The van der Waals surface area contributed by atoms with Gasteiger partial charge in [0.2, 0.25) is 5.43 Å². The van der Waals surface area contributed by atoms with Gasteiger partial charge in [0.1, 0.15) is 16.9 Å². The lowest BCUT2D eigenvalue weighted by Gasteiger charge is -2.13. The van der Waals surface area contributed by atoms with Crippen LogP contribution in [-0.4, -0.2) is 17.3 Å². The molecule has 1 aromatic heterocycles. The summed E-state index contributed by atoms with van der Waals surface area (Å²) in [6.45, 7) is 3.96. The Hall–Kier alpha value is -3.34. The molecular formula is C21H16O5. The van der Waals surface area contributed by atoms with Crippen LogP contribution in [0.4, 0.5) is 0 Å². The minimum Gasteiger partial charge on any atom is -0.455 e. The second-order valence-corrected chi connectivity index (χ2v) is 6.03. The van der Waals surface area contributed by atoms with Crippen molar-refractivity contribution < 1.29 is 18.8 Å². The number of hydrogen-bond donors (Lipinski definition) is 0. The minimum absolute atomic E-state index is 0.00880. The summed E-state index contributed by atoms with van der Waals surface area (Å²) in [5.41, 5.74) is 0.337. The van der Waals surface area contributed by atoms with Gasteiger partial charge < -0.3 is 4.42 Å². The third-order valence-electron chi connectivity index (χ3n) is 4.19. The smallest absolute Gasteiger partial charge is 0.204 e.